The molecule has 4 aliphatic carbocycles. The number of carbonyl (C=O) groups excluding carboxylic acids is 1. The fourth-order valence-electron chi connectivity index (χ4n) is 6.59. The fraction of sp³-hybridized carbons (Fsp3) is 0.722. The lowest BCUT2D eigenvalue weighted by Gasteiger charge is -2.64. The summed E-state index contributed by atoms with van der Waals surface area (Å²) in [6, 6.07) is 1.79. The van der Waals surface area contributed by atoms with E-state index in [1.54, 1.807) is 6.07 Å². The van der Waals surface area contributed by atoms with Crippen LogP contribution >= 0.6 is 0 Å². The van der Waals surface area contributed by atoms with Gasteiger partial charge in [0.05, 0.1) is 0 Å². The van der Waals surface area contributed by atoms with Crippen LogP contribution in [0.15, 0.2) is 6.07 Å². The first-order valence-electron chi connectivity index (χ1n) is 8.15. The van der Waals surface area contributed by atoms with E-state index >= 15 is 0 Å². The Morgan fingerprint density at radius 3 is 2.33 bits per heavy atom. The van der Waals surface area contributed by atoms with Crippen molar-refractivity contribution in [2.24, 2.45) is 16.7 Å². The Morgan fingerprint density at radius 2 is 1.76 bits per heavy atom. The first-order chi connectivity index (χ1) is 9.84. The Bertz CT molecular complexity index is 606. The molecule has 112 valence electrons. The smallest absolute Gasteiger partial charge is 0.168 e. The summed E-state index contributed by atoms with van der Waals surface area (Å²) in [5.74, 6) is 1.77. The van der Waals surface area contributed by atoms with E-state index in [4.69, 9.17) is 4.98 Å². The summed E-state index contributed by atoms with van der Waals surface area (Å²) >= 11 is 0. The topological polar surface area (TPSA) is 42.9 Å². The van der Waals surface area contributed by atoms with Gasteiger partial charge in [0.15, 0.2) is 6.29 Å². The van der Waals surface area contributed by atoms with E-state index in [0.717, 1.165) is 23.7 Å². The van der Waals surface area contributed by atoms with E-state index in [-0.39, 0.29) is 5.41 Å². The molecule has 0 aromatic carbocycles. The van der Waals surface area contributed by atoms with Gasteiger partial charge in [-0.25, -0.2) is 9.97 Å². The summed E-state index contributed by atoms with van der Waals surface area (Å²) in [6.07, 6.45) is 8.59. The van der Waals surface area contributed by atoms with Gasteiger partial charge in [-0.15, -0.1) is 0 Å². The lowest BCUT2D eigenvalue weighted by molar-refractivity contribution is -0.112. The van der Waals surface area contributed by atoms with Crippen LogP contribution in [-0.4, -0.2) is 16.3 Å². The molecule has 4 aliphatic rings. The molecule has 5 rings (SSSR count). The average Bonchev–Trinajstić information content (AvgIpc) is 2.33. The molecule has 1 aromatic heterocycles. The molecule has 0 saturated heterocycles. The van der Waals surface area contributed by atoms with Crippen molar-refractivity contribution in [3.05, 3.63) is 23.3 Å². The zero-order chi connectivity index (χ0) is 14.9. The highest BCUT2D eigenvalue weighted by Gasteiger charge is 2.61. The number of hydrogen-bond donors (Lipinski definition) is 0. The summed E-state index contributed by atoms with van der Waals surface area (Å²) in [6.45, 7) is 6.89. The molecule has 0 radical (unpaired) electrons. The highest BCUT2D eigenvalue weighted by Crippen LogP contribution is 2.69. The molecule has 0 spiro atoms. The molecule has 1 heterocycles. The molecular formula is C18H24N2O. The Morgan fingerprint density at radius 1 is 1.10 bits per heavy atom. The Hall–Kier alpha value is -1.25. The Balaban J connectivity index is 1.84. The molecule has 3 nitrogen and oxygen atoms in total. The van der Waals surface area contributed by atoms with Gasteiger partial charge in [0, 0.05) is 11.1 Å². The second-order valence-corrected chi connectivity index (χ2v) is 8.79. The molecule has 0 amide bonds. The zero-order valence-corrected chi connectivity index (χ0v) is 13.3. The summed E-state index contributed by atoms with van der Waals surface area (Å²) < 4.78 is 0. The van der Waals surface area contributed by atoms with Crippen molar-refractivity contribution in [3.8, 4) is 0 Å². The standard InChI is InChI=1S/C18H24N2O/c1-12-4-14(8-21)20-15(19-12)18-7-13-5-16(2,10-18)9-17(3,6-13)11-18/h4,8,13H,5-7,9-11H2,1-3H3. The van der Waals surface area contributed by atoms with E-state index in [1.807, 2.05) is 6.92 Å². The van der Waals surface area contributed by atoms with Crippen molar-refractivity contribution >= 4 is 6.29 Å². The van der Waals surface area contributed by atoms with Crippen LogP contribution in [0.5, 0.6) is 0 Å². The van der Waals surface area contributed by atoms with Crippen LogP contribution in [0.2, 0.25) is 0 Å². The maximum atomic E-state index is 11.2. The van der Waals surface area contributed by atoms with Crippen molar-refractivity contribution in [1.29, 1.82) is 0 Å². The van der Waals surface area contributed by atoms with Crippen LogP contribution < -0.4 is 0 Å². The Kier molecular flexibility index (Phi) is 2.51. The molecule has 4 bridgehead atoms. The van der Waals surface area contributed by atoms with Gasteiger partial charge in [0.1, 0.15) is 11.5 Å². The predicted octanol–water partition coefficient (Wildman–Crippen LogP) is 3.85. The number of hydrogen-bond acceptors (Lipinski definition) is 3. The normalized spacial score (nSPS) is 44.0. The van der Waals surface area contributed by atoms with Crippen molar-refractivity contribution in [1.82, 2.24) is 9.97 Å². The van der Waals surface area contributed by atoms with Gasteiger partial charge >= 0.3 is 0 Å². The van der Waals surface area contributed by atoms with E-state index in [9.17, 15) is 4.79 Å². The van der Waals surface area contributed by atoms with Crippen molar-refractivity contribution < 1.29 is 4.79 Å². The van der Waals surface area contributed by atoms with Gasteiger partial charge < -0.3 is 0 Å². The van der Waals surface area contributed by atoms with Crippen molar-refractivity contribution in [2.75, 3.05) is 0 Å². The Labute approximate surface area is 126 Å². The molecule has 4 fully saturated rings. The molecule has 0 N–H and O–H groups in total. The first-order valence-corrected chi connectivity index (χ1v) is 8.15. The minimum absolute atomic E-state index is 0.118. The SMILES string of the molecule is Cc1cc(C=O)nc(C23CC4CC(C)(CC(C)(C4)C2)C3)n1. The van der Waals surface area contributed by atoms with Crippen LogP contribution in [0.1, 0.15) is 74.4 Å². The van der Waals surface area contributed by atoms with Gasteiger partial charge in [-0.1, -0.05) is 13.8 Å². The van der Waals surface area contributed by atoms with Crippen LogP contribution in [0.3, 0.4) is 0 Å². The monoisotopic (exact) mass is 284 g/mol. The maximum absolute atomic E-state index is 11.2. The summed E-state index contributed by atoms with van der Waals surface area (Å²) in [5.41, 5.74) is 2.48. The number of aryl methyl sites for hydroxylation is 1. The number of rotatable bonds is 2. The summed E-state index contributed by atoms with van der Waals surface area (Å²) in [5, 5.41) is 0. The van der Waals surface area contributed by atoms with Gasteiger partial charge in [-0.3, -0.25) is 4.79 Å². The van der Waals surface area contributed by atoms with Crippen molar-refractivity contribution in [2.45, 2.75) is 64.7 Å². The molecule has 0 aliphatic heterocycles. The van der Waals surface area contributed by atoms with Gasteiger partial charge in [-0.2, -0.15) is 0 Å². The van der Waals surface area contributed by atoms with Crippen LogP contribution in [-0.2, 0) is 5.41 Å². The van der Waals surface area contributed by atoms with Gasteiger partial charge in [-0.05, 0) is 68.3 Å². The highest BCUT2D eigenvalue weighted by atomic mass is 16.1. The quantitative estimate of drug-likeness (QED) is 0.775. The third-order valence-electron chi connectivity index (χ3n) is 6.10. The van der Waals surface area contributed by atoms with E-state index in [1.165, 1.54) is 38.5 Å². The number of nitrogens with zero attached hydrogens (tertiary/aromatic N) is 2. The maximum Gasteiger partial charge on any atom is 0.168 e. The predicted molar refractivity (Wildman–Crippen MR) is 81.2 cm³/mol. The summed E-state index contributed by atoms with van der Waals surface area (Å²) in [4.78, 5) is 20.6. The van der Waals surface area contributed by atoms with Gasteiger partial charge in [0.2, 0.25) is 0 Å². The molecule has 3 heteroatoms. The van der Waals surface area contributed by atoms with E-state index in [2.05, 4.69) is 18.8 Å². The second kappa shape index (κ2) is 3.93. The number of aldehydes is 1. The average molecular weight is 284 g/mol. The van der Waals surface area contributed by atoms with Crippen LogP contribution in [0.4, 0.5) is 0 Å². The fourth-order valence-corrected chi connectivity index (χ4v) is 6.59. The van der Waals surface area contributed by atoms with Gasteiger partial charge in [0.25, 0.3) is 0 Å². The number of carbonyl (C=O) groups is 1. The molecule has 1 aromatic rings. The van der Waals surface area contributed by atoms with Crippen molar-refractivity contribution in [3.63, 3.8) is 0 Å². The minimum atomic E-state index is 0.118. The minimum Gasteiger partial charge on any atom is -0.296 e. The third kappa shape index (κ3) is 1.96. The molecular weight excluding hydrogens is 260 g/mol. The van der Waals surface area contributed by atoms with E-state index < -0.39 is 0 Å². The largest absolute Gasteiger partial charge is 0.296 e. The second-order valence-electron chi connectivity index (χ2n) is 8.79. The summed E-state index contributed by atoms with van der Waals surface area (Å²) in [7, 11) is 0. The van der Waals surface area contributed by atoms with E-state index in [0.29, 0.717) is 16.5 Å². The number of aromatic nitrogens is 2. The molecule has 21 heavy (non-hydrogen) atoms. The van der Waals surface area contributed by atoms with Crippen LogP contribution in [0.25, 0.3) is 0 Å². The van der Waals surface area contributed by atoms with Crippen LogP contribution in [0, 0.1) is 23.7 Å². The third-order valence-corrected chi connectivity index (χ3v) is 6.10. The zero-order valence-electron chi connectivity index (χ0n) is 13.3. The first kappa shape index (κ1) is 13.4. The lowest BCUT2D eigenvalue weighted by Crippen LogP contribution is -2.57. The molecule has 2 atom stereocenters. The molecule has 2 unspecified atom stereocenters. The highest BCUT2D eigenvalue weighted by molar-refractivity contribution is 5.71. The molecule has 4 saturated carbocycles. The lowest BCUT2D eigenvalue weighted by atomic mass is 9.40.